The SMILES string of the molecule is CCCCC(CC)Cc1sc(-c2c3c[c]([Sn]([CH3])([CH3])[CH3])sc3c(-c3sc(CC(CC)CCCC)c(OC)c3OC)c3c[c]([Sn]([CH3])([CH3])[CH3])sc23)c(OC)c1OC. The van der Waals surface area contributed by atoms with Gasteiger partial charge in [-0.2, -0.15) is 0 Å². The summed E-state index contributed by atoms with van der Waals surface area (Å²) in [6.45, 7) is 9.28. The van der Waals surface area contributed by atoms with Gasteiger partial charge in [0, 0.05) is 0 Å². The number of unbranched alkanes of at least 4 members (excludes halogenated alkanes) is 2. The van der Waals surface area contributed by atoms with Gasteiger partial charge in [-0.15, -0.1) is 0 Å². The maximum atomic E-state index is 6.39. The van der Waals surface area contributed by atoms with Crippen molar-refractivity contribution in [2.45, 2.75) is 122 Å². The molecule has 2 atom stereocenters. The van der Waals surface area contributed by atoms with Gasteiger partial charge in [-0.25, -0.2) is 0 Å². The van der Waals surface area contributed by atoms with Gasteiger partial charge in [0.05, 0.1) is 0 Å². The molecule has 4 heterocycles. The van der Waals surface area contributed by atoms with Crippen molar-refractivity contribution in [3.63, 3.8) is 0 Å². The average molecular weight is 1020 g/mol. The fraction of sp³-hybridized carbons (Fsp3) is 0.591. The van der Waals surface area contributed by atoms with E-state index in [2.05, 4.69) is 69.5 Å². The Morgan fingerprint density at radius 2 is 0.870 bits per heavy atom. The number of ether oxygens (including phenoxy) is 4. The van der Waals surface area contributed by atoms with Crippen molar-refractivity contribution in [2.75, 3.05) is 28.4 Å². The number of rotatable bonds is 20. The third-order valence-electron chi connectivity index (χ3n) is 11.0. The molecular formula is C44H66O4S4Sn2. The van der Waals surface area contributed by atoms with Crippen LogP contribution in [-0.4, -0.2) is 65.2 Å². The van der Waals surface area contributed by atoms with Crippen LogP contribution in [0.2, 0.25) is 29.6 Å². The molecule has 1 aromatic carbocycles. The van der Waals surface area contributed by atoms with E-state index >= 15 is 0 Å². The zero-order chi connectivity index (χ0) is 39.5. The van der Waals surface area contributed by atoms with Crippen LogP contribution in [0.4, 0.5) is 0 Å². The van der Waals surface area contributed by atoms with Gasteiger partial charge in [0.25, 0.3) is 0 Å². The first-order valence-electron chi connectivity index (χ1n) is 20.2. The number of hydrogen-bond donors (Lipinski definition) is 0. The van der Waals surface area contributed by atoms with E-state index in [9.17, 15) is 0 Å². The molecule has 54 heavy (non-hydrogen) atoms. The van der Waals surface area contributed by atoms with Gasteiger partial charge < -0.3 is 0 Å². The van der Waals surface area contributed by atoms with Crippen molar-refractivity contribution in [1.29, 1.82) is 0 Å². The molecule has 0 aliphatic carbocycles. The van der Waals surface area contributed by atoms with Crippen molar-refractivity contribution < 1.29 is 18.9 Å². The topological polar surface area (TPSA) is 36.9 Å². The molecule has 0 spiro atoms. The molecule has 5 aromatic rings. The zero-order valence-electron chi connectivity index (χ0n) is 35.6. The minimum absolute atomic E-state index is 0.633. The summed E-state index contributed by atoms with van der Waals surface area (Å²) in [6.07, 6.45) is 11.9. The fourth-order valence-electron chi connectivity index (χ4n) is 7.64. The molecule has 0 saturated carbocycles. The van der Waals surface area contributed by atoms with Gasteiger partial charge >= 0.3 is 341 Å². The molecular weight excluding hydrogens is 958 g/mol. The second-order valence-corrected chi connectivity index (χ2v) is 52.2. The summed E-state index contributed by atoms with van der Waals surface area (Å²) in [4.78, 5) is 20.4. The molecule has 10 heteroatoms. The summed E-state index contributed by atoms with van der Waals surface area (Å²) in [5.74, 6) is 4.92. The van der Waals surface area contributed by atoms with E-state index in [4.69, 9.17) is 18.9 Å². The maximum absolute atomic E-state index is 6.39. The summed E-state index contributed by atoms with van der Waals surface area (Å²) in [6, 6.07) is 5.18. The van der Waals surface area contributed by atoms with Crippen LogP contribution in [0.5, 0.6) is 23.0 Å². The van der Waals surface area contributed by atoms with Crippen LogP contribution in [0.15, 0.2) is 12.1 Å². The first-order valence-corrected chi connectivity index (χ1v) is 43.5. The Balaban J connectivity index is 1.91. The molecule has 298 valence electrons. The van der Waals surface area contributed by atoms with Crippen LogP contribution in [0, 0.1) is 11.8 Å². The van der Waals surface area contributed by atoms with Crippen molar-refractivity contribution in [2.24, 2.45) is 11.8 Å². The Bertz CT molecular complexity index is 1820. The molecule has 0 bridgehead atoms. The monoisotopic (exact) mass is 1030 g/mol. The first kappa shape index (κ1) is 44.4. The number of benzene rings is 1. The molecule has 0 saturated heterocycles. The summed E-state index contributed by atoms with van der Waals surface area (Å²) < 4.78 is 31.3. The van der Waals surface area contributed by atoms with Gasteiger partial charge in [-0.3, -0.25) is 0 Å². The van der Waals surface area contributed by atoms with Crippen molar-refractivity contribution in [3.8, 4) is 43.9 Å². The Morgan fingerprint density at radius 1 is 0.519 bits per heavy atom. The van der Waals surface area contributed by atoms with Gasteiger partial charge in [-0.1, -0.05) is 13.8 Å². The standard InChI is InChI=1S/C38H48O4S4.6CH3.2Sn/c1-9-13-15-23(11-3)21-27-31(39-5)33(41-7)37(45-27)29-25-17-19-44-36(25)30(26-18-20-43-35(26)29)38-34(42-8)32(40-6)28(46-38)22-24(12-4)16-14-10-2;;;;;;;;/h17-18,23-24H,9-16,21-22H2,1-8H3;6*1H3;;. The molecule has 0 aliphatic heterocycles. The normalized spacial score (nSPS) is 13.6. The Labute approximate surface area is 351 Å². The quantitative estimate of drug-likeness (QED) is 0.0728. The summed E-state index contributed by atoms with van der Waals surface area (Å²) >= 11 is 2.86. The van der Waals surface area contributed by atoms with Gasteiger partial charge in [-0.05, 0) is 0 Å². The molecule has 0 amide bonds. The molecule has 2 unspecified atom stereocenters. The molecule has 4 aromatic heterocycles. The number of hydrogen-bond acceptors (Lipinski definition) is 8. The molecule has 4 nitrogen and oxygen atoms in total. The van der Waals surface area contributed by atoms with E-state index in [1.807, 2.05) is 73.8 Å². The number of fused-ring (bicyclic) bond motifs is 2. The third-order valence-corrected chi connectivity index (χ3v) is 34.6. The van der Waals surface area contributed by atoms with E-state index in [1.165, 1.54) is 102 Å². The molecule has 0 N–H and O–H groups in total. The van der Waals surface area contributed by atoms with E-state index in [1.54, 1.807) is 5.79 Å². The average Bonchev–Trinajstić information content (AvgIpc) is 3.92. The predicted molar refractivity (Wildman–Crippen MR) is 250 cm³/mol. The Morgan fingerprint density at radius 3 is 1.15 bits per heavy atom. The van der Waals surface area contributed by atoms with Crippen LogP contribution in [0.25, 0.3) is 41.1 Å². The van der Waals surface area contributed by atoms with Gasteiger partial charge in [0.2, 0.25) is 0 Å². The number of thiophene rings is 4. The fourth-order valence-corrected chi connectivity index (χ4v) is 23.5. The van der Waals surface area contributed by atoms with Gasteiger partial charge in [0.15, 0.2) is 0 Å². The minimum atomic E-state index is -2.54. The van der Waals surface area contributed by atoms with Crippen LogP contribution < -0.4 is 24.7 Å². The second-order valence-electron chi connectivity index (χ2n) is 17.0. The van der Waals surface area contributed by atoms with Crippen LogP contribution in [0.1, 0.15) is 88.8 Å². The summed E-state index contributed by atoms with van der Waals surface area (Å²) in [7, 11) is 7.32. The van der Waals surface area contributed by atoms with Gasteiger partial charge in [0.1, 0.15) is 0 Å². The summed E-state index contributed by atoms with van der Waals surface area (Å²) in [5, 5.41) is 2.72. The molecule has 5 rings (SSSR count). The second kappa shape index (κ2) is 18.9. The van der Waals surface area contributed by atoms with E-state index < -0.39 is 36.8 Å². The predicted octanol–water partition coefficient (Wildman–Crippen LogP) is 14.2. The number of methoxy groups -OCH3 is 4. The third kappa shape index (κ3) is 9.13. The van der Waals surface area contributed by atoms with Crippen molar-refractivity contribution >= 4 is 108 Å². The van der Waals surface area contributed by atoms with Crippen LogP contribution in [-0.2, 0) is 12.8 Å². The van der Waals surface area contributed by atoms with E-state index in [0.717, 1.165) is 35.8 Å². The zero-order valence-corrected chi connectivity index (χ0v) is 44.6. The Kier molecular flexibility index (Phi) is 15.6. The van der Waals surface area contributed by atoms with Crippen LogP contribution >= 0.6 is 45.3 Å². The van der Waals surface area contributed by atoms with E-state index in [-0.39, 0.29) is 0 Å². The van der Waals surface area contributed by atoms with Crippen molar-refractivity contribution in [1.82, 2.24) is 0 Å². The van der Waals surface area contributed by atoms with E-state index in [0.29, 0.717) is 11.8 Å². The molecule has 0 aliphatic rings. The first-order chi connectivity index (χ1) is 25.7. The van der Waals surface area contributed by atoms with Crippen molar-refractivity contribution in [3.05, 3.63) is 21.9 Å². The molecule has 0 fully saturated rings. The Hall–Kier alpha value is -0.663. The van der Waals surface area contributed by atoms with Crippen LogP contribution in [0.3, 0.4) is 0 Å². The summed E-state index contributed by atoms with van der Waals surface area (Å²) in [5.41, 5.74) is 2.69. The molecule has 0 radical (unpaired) electrons.